The molecule has 2 saturated heterocycles. The number of benzene rings is 2. The Bertz CT molecular complexity index is 852. The molecule has 0 aromatic heterocycles. The Morgan fingerprint density at radius 3 is 2.27 bits per heavy atom. The van der Waals surface area contributed by atoms with Crippen LogP contribution in [0.1, 0.15) is 31.7 Å². The van der Waals surface area contributed by atoms with Crippen LogP contribution in [0.5, 0.6) is 0 Å². The van der Waals surface area contributed by atoms with E-state index < -0.39 is 23.1 Å². The summed E-state index contributed by atoms with van der Waals surface area (Å²) in [6, 6.07) is 12.8. The molecule has 1 atom stereocenters. The van der Waals surface area contributed by atoms with E-state index in [1.165, 1.54) is 5.56 Å². The fourth-order valence-corrected chi connectivity index (χ4v) is 4.38. The number of nitrogens with zero attached hydrogens (tertiary/aromatic N) is 2. The standard InChI is InChI=1S/C14H22N2O.C11H13F3N2/c15-9-6-14(17)7-10-16(11-8-14)12-13-4-2-1-3-5-13;1-7-6-16(3-2-15-7)8-4-9(12)11(14)10(13)5-8/h1-5,17H,6-12,15H2;4-5,7,15H,2-3,6H2,1H3/t;7-/m.1/s1. The second kappa shape index (κ2) is 11.8. The first kappa shape index (κ1) is 25.5. The summed E-state index contributed by atoms with van der Waals surface area (Å²) >= 11 is 0. The molecule has 0 unspecified atom stereocenters. The molecule has 0 saturated carbocycles. The maximum absolute atomic E-state index is 13.0. The molecule has 2 fully saturated rings. The van der Waals surface area contributed by atoms with Gasteiger partial charge in [-0.25, -0.2) is 13.2 Å². The van der Waals surface area contributed by atoms with Crippen molar-refractivity contribution in [2.75, 3.05) is 44.2 Å². The second-order valence-electron chi connectivity index (χ2n) is 9.05. The molecule has 33 heavy (non-hydrogen) atoms. The van der Waals surface area contributed by atoms with E-state index in [-0.39, 0.29) is 6.04 Å². The number of anilines is 1. The molecule has 2 aliphatic heterocycles. The highest BCUT2D eigenvalue weighted by molar-refractivity contribution is 5.48. The van der Waals surface area contributed by atoms with Gasteiger partial charge < -0.3 is 21.1 Å². The largest absolute Gasteiger partial charge is 0.390 e. The number of halogens is 3. The summed E-state index contributed by atoms with van der Waals surface area (Å²) in [5.41, 5.74) is 6.75. The monoisotopic (exact) mass is 464 g/mol. The predicted octanol–water partition coefficient (Wildman–Crippen LogP) is 3.26. The summed E-state index contributed by atoms with van der Waals surface area (Å²) in [6.07, 6.45) is 2.42. The molecule has 2 aromatic carbocycles. The zero-order chi connectivity index (χ0) is 23.8. The van der Waals surface area contributed by atoms with Crippen LogP contribution in [0.4, 0.5) is 18.9 Å². The first-order valence-corrected chi connectivity index (χ1v) is 11.6. The highest BCUT2D eigenvalue weighted by Crippen LogP contribution is 2.26. The maximum atomic E-state index is 13.0. The molecule has 0 radical (unpaired) electrons. The number of rotatable bonds is 5. The number of piperidine rings is 1. The van der Waals surface area contributed by atoms with Gasteiger partial charge in [0.05, 0.1) is 5.60 Å². The third-order valence-electron chi connectivity index (χ3n) is 6.35. The van der Waals surface area contributed by atoms with Crippen molar-refractivity contribution in [2.45, 2.75) is 44.4 Å². The lowest BCUT2D eigenvalue weighted by Crippen LogP contribution is -2.49. The van der Waals surface area contributed by atoms with Crippen molar-refractivity contribution in [1.29, 1.82) is 0 Å². The van der Waals surface area contributed by atoms with Crippen molar-refractivity contribution < 1.29 is 18.3 Å². The quantitative estimate of drug-likeness (QED) is 0.593. The number of nitrogens with one attached hydrogen (secondary N) is 1. The Kier molecular flexibility index (Phi) is 9.14. The van der Waals surface area contributed by atoms with Crippen molar-refractivity contribution in [3.8, 4) is 0 Å². The lowest BCUT2D eigenvalue weighted by Gasteiger charge is -2.38. The van der Waals surface area contributed by atoms with E-state index in [0.717, 1.165) is 57.6 Å². The van der Waals surface area contributed by atoms with Crippen LogP contribution in [-0.2, 0) is 6.54 Å². The van der Waals surface area contributed by atoms with Crippen LogP contribution in [0.25, 0.3) is 0 Å². The third-order valence-corrected chi connectivity index (χ3v) is 6.35. The van der Waals surface area contributed by atoms with Crippen molar-refractivity contribution in [2.24, 2.45) is 5.73 Å². The summed E-state index contributed by atoms with van der Waals surface area (Å²) < 4.78 is 38.8. The Morgan fingerprint density at radius 1 is 1.06 bits per heavy atom. The van der Waals surface area contributed by atoms with Gasteiger partial charge in [-0.2, -0.15) is 0 Å². The van der Waals surface area contributed by atoms with Gasteiger partial charge in [-0.3, -0.25) is 4.90 Å². The lowest BCUT2D eigenvalue weighted by atomic mass is 9.88. The van der Waals surface area contributed by atoms with Crippen molar-refractivity contribution in [1.82, 2.24) is 10.2 Å². The lowest BCUT2D eigenvalue weighted by molar-refractivity contribution is -0.0273. The molecule has 5 nitrogen and oxygen atoms in total. The number of hydrogen-bond donors (Lipinski definition) is 3. The summed E-state index contributed by atoms with van der Waals surface area (Å²) in [4.78, 5) is 4.24. The molecule has 0 aliphatic carbocycles. The zero-order valence-electron chi connectivity index (χ0n) is 19.2. The van der Waals surface area contributed by atoms with Gasteiger partial charge in [-0.15, -0.1) is 0 Å². The number of piperazine rings is 1. The van der Waals surface area contributed by atoms with Gasteiger partial charge in [0.2, 0.25) is 0 Å². The molecule has 2 heterocycles. The molecular weight excluding hydrogens is 429 g/mol. The summed E-state index contributed by atoms with van der Waals surface area (Å²) in [6.45, 7) is 7.55. The zero-order valence-corrected chi connectivity index (χ0v) is 19.2. The van der Waals surface area contributed by atoms with Gasteiger partial charge in [0.15, 0.2) is 17.5 Å². The molecule has 0 bridgehead atoms. The molecule has 8 heteroatoms. The first-order valence-electron chi connectivity index (χ1n) is 11.6. The van der Waals surface area contributed by atoms with Gasteiger partial charge in [-0.1, -0.05) is 30.3 Å². The molecule has 0 spiro atoms. The average Bonchev–Trinajstić information content (AvgIpc) is 2.80. The molecule has 0 amide bonds. The van der Waals surface area contributed by atoms with E-state index in [4.69, 9.17) is 5.73 Å². The highest BCUT2D eigenvalue weighted by atomic mass is 19.2. The number of nitrogens with two attached hydrogens (primary N) is 1. The maximum Gasteiger partial charge on any atom is 0.194 e. The fourth-order valence-electron chi connectivity index (χ4n) is 4.38. The van der Waals surface area contributed by atoms with Crippen molar-refractivity contribution >= 4 is 5.69 Å². The normalized spacial score (nSPS) is 20.8. The topological polar surface area (TPSA) is 64.8 Å². The van der Waals surface area contributed by atoms with Crippen LogP contribution >= 0.6 is 0 Å². The Balaban J connectivity index is 0.000000186. The Hall–Kier alpha value is -2.13. The Labute approximate surface area is 194 Å². The van der Waals surface area contributed by atoms with E-state index in [0.29, 0.717) is 25.3 Å². The van der Waals surface area contributed by atoms with E-state index in [9.17, 15) is 18.3 Å². The minimum absolute atomic E-state index is 0.255. The summed E-state index contributed by atoms with van der Waals surface area (Å²) in [7, 11) is 0. The van der Waals surface area contributed by atoms with Crippen molar-refractivity contribution in [3.63, 3.8) is 0 Å². The predicted molar refractivity (Wildman–Crippen MR) is 126 cm³/mol. The van der Waals surface area contributed by atoms with E-state index in [1.807, 2.05) is 17.9 Å². The smallest absolute Gasteiger partial charge is 0.194 e. The molecule has 2 aromatic rings. The highest BCUT2D eigenvalue weighted by Gasteiger charge is 2.31. The van der Waals surface area contributed by atoms with Crippen LogP contribution in [0.3, 0.4) is 0 Å². The van der Waals surface area contributed by atoms with Crippen LogP contribution in [0.15, 0.2) is 42.5 Å². The van der Waals surface area contributed by atoms with Crippen LogP contribution in [0.2, 0.25) is 0 Å². The van der Waals surface area contributed by atoms with Crippen molar-refractivity contribution in [3.05, 3.63) is 65.5 Å². The van der Waals surface area contributed by atoms with Crippen LogP contribution in [0, 0.1) is 17.5 Å². The molecule has 4 rings (SSSR count). The number of likely N-dealkylation sites (tertiary alicyclic amines) is 1. The van der Waals surface area contributed by atoms with Crippen LogP contribution < -0.4 is 16.0 Å². The molecule has 4 N–H and O–H groups in total. The van der Waals surface area contributed by atoms with E-state index in [1.54, 1.807) is 0 Å². The molecular formula is C25H35F3N4O. The van der Waals surface area contributed by atoms with Gasteiger partial charge in [0.25, 0.3) is 0 Å². The summed E-state index contributed by atoms with van der Waals surface area (Å²) in [5, 5.41) is 13.5. The SMILES string of the molecule is C[C@@H]1CN(c2cc(F)c(F)c(F)c2)CCN1.NCCC1(O)CCN(Cc2ccccc2)CC1. The average molecular weight is 465 g/mol. The molecule has 182 valence electrons. The number of hydrogen-bond acceptors (Lipinski definition) is 5. The first-order chi connectivity index (χ1) is 15.8. The van der Waals surface area contributed by atoms with Gasteiger partial charge in [-0.05, 0) is 38.3 Å². The number of aliphatic hydroxyl groups is 1. The van der Waals surface area contributed by atoms with E-state index in [2.05, 4.69) is 34.5 Å². The second-order valence-corrected chi connectivity index (χ2v) is 9.05. The van der Waals surface area contributed by atoms with Gasteiger partial charge >= 0.3 is 0 Å². The van der Waals surface area contributed by atoms with E-state index >= 15 is 0 Å². The van der Waals surface area contributed by atoms with Gasteiger partial charge in [0.1, 0.15) is 0 Å². The van der Waals surface area contributed by atoms with Crippen LogP contribution in [-0.4, -0.2) is 60.9 Å². The minimum Gasteiger partial charge on any atom is -0.390 e. The molecule has 2 aliphatic rings. The van der Waals surface area contributed by atoms with Gasteiger partial charge in [0, 0.05) is 63.1 Å². The Morgan fingerprint density at radius 2 is 1.70 bits per heavy atom. The summed E-state index contributed by atoms with van der Waals surface area (Å²) in [5.74, 6) is -3.69. The third kappa shape index (κ3) is 7.43. The minimum atomic E-state index is -1.41. The fraction of sp³-hybridized carbons (Fsp3) is 0.520.